The number of carbonyl (C=O) groups is 2. The molecule has 0 spiro atoms. The van der Waals surface area contributed by atoms with Crippen LogP contribution in [0.4, 0.5) is 5.82 Å². The number of aliphatic carboxylic acids is 1. The van der Waals surface area contributed by atoms with Gasteiger partial charge >= 0.3 is 5.97 Å². The fourth-order valence-corrected chi connectivity index (χ4v) is 4.16. The second kappa shape index (κ2) is 9.73. The summed E-state index contributed by atoms with van der Waals surface area (Å²) in [4.78, 5) is 30.6. The van der Waals surface area contributed by atoms with Crippen LogP contribution in [0.2, 0.25) is 0 Å². The highest BCUT2D eigenvalue weighted by atomic mass is 16.5. The fraction of sp³-hybridized carbons (Fsp3) is 0.269. The molecule has 7 heteroatoms. The van der Waals surface area contributed by atoms with Crippen LogP contribution in [0.1, 0.15) is 34.3 Å². The van der Waals surface area contributed by atoms with E-state index < -0.39 is 12.0 Å². The molecule has 3 aromatic rings. The van der Waals surface area contributed by atoms with E-state index in [1.807, 2.05) is 24.3 Å². The number of carboxylic acids is 1. The maximum Gasteiger partial charge on any atom is 0.326 e. The van der Waals surface area contributed by atoms with Crippen LogP contribution < -0.4 is 10.1 Å². The molecule has 33 heavy (non-hydrogen) atoms. The lowest BCUT2D eigenvalue weighted by Crippen LogP contribution is -2.40. The van der Waals surface area contributed by atoms with Crippen molar-refractivity contribution in [2.45, 2.75) is 32.4 Å². The Morgan fingerprint density at radius 2 is 1.97 bits per heavy atom. The number of methoxy groups -OCH3 is 1. The average Bonchev–Trinajstić information content (AvgIpc) is 3.33. The lowest BCUT2D eigenvalue weighted by atomic mass is 10.0. The quantitative estimate of drug-likeness (QED) is 0.561. The van der Waals surface area contributed by atoms with Crippen LogP contribution in [0.15, 0.2) is 60.8 Å². The topological polar surface area (TPSA) is 91.8 Å². The lowest BCUT2D eigenvalue weighted by Gasteiger charge is -2.22. The van der Waals surface area contributed by atoms with Crippen molar-refractivity contribution < 1.29 is 19.4 Å². The molecule has 0 radical (unpaired) electrons. The van der Waals surface area contributed by atoms with E-state index in [1.165, 1.54) is 23.1 Å². The summed E-state index contributed by atoms with van der Waals surface area (Å²) >= 11 is 0. The highest BCUT2D eigenvalue weighted by molar-refractivity contribution is 6.00. The van der Waals surface area contributed by atoms with Gasteiger partial charge in [-0.05, 0) is 55.2 Å². The molecule has 7 nitrogen and oxygen atoms in total. The highest BCUT2D eigenvalue weighted by Crippen LogP contribution is 2.30. The van der Waals surface area contributed by atoms with Crippen LogP contribution in [0.3, 0.4) is 0 Å². The summed E-state index contributed by atoms with van der Waals surface area (Å²) in [6, 6.07) is 16.7. The van der Waals surface area contributed by atoms with E-state index in [2.05, 4.69) is 35.4 Å². The van der Waals surface area contributed by atoms with Gasteiger partial charge in [-0.3, -0.25) is 4.79 Å². The number of nitrogens with zero attached hydrogens (tertiary/aromatic N) is 2. The van der Waals surface area contributed by atoms with Crippen molar-refractivity contribution in [3.63, 3.8) is 0 Å². The Kier molecular flexibility index (Phi) is 6.58. The van der Waals surface area contributed by atoms with Crippen LogP contribution in [-0.4, -0.2) is 46.6 Å². The predicted molar refractivity (Wildman–Crippen MR) is 126 cm³/mol. The largest absolute Gasteiger partial charge is 0.496 e. The van der Waals surface area contributed by atoms with Crippen LogP contribution >= 0.6 is 0 Å². The number of amides is 1. The molecule has 2 aromatic carbocycles. The lowest BCUT2D eigenvalue weighted by molar-refractivity contribution is -0.141. The number of benzene rings is 2. The Bertz CT molecular complexity index is 1160. The molecule has 0 saturated carbocycles. The summed E-state index contributed by atoms with van der Waals surface area (Å²) in [5.74, 6) is -0.132. The summed E-state index contributed by atoms with van der Waals surface area (Å²) in [6.45, 7) is 3.16. The number of hydrogen-bond acceptors (Lipinski definition) is 5. The van der Waals surface area contributed by atoms with Gasteiger partial charge in [0.05, 0.1) is 12.7 Å². The van der Waals surface area contributed by atoms with Crippen molar-refractivity contribution >= 4 is 17.7 Å². The van der Waals surface area contributed by atoms with Gasteiger partial charge in [-0.15, -0.1) is 0 Å². The van der Waals surface area contributed by atoms with Crippen LogP contribution in [0.5, 0.6) is 5.75 Å². The Morgan fingerprint density at radius 3 is 2.67 bits per heavy atom. The van der Waals surface area contributed by atoms with E-state index in [0.717, 1.165) is 16.9 Å². The third-order valence-electron chi connectivity index (χ3n) is 5.88. The van der Waals surface area contributed by atoms with Crippen molar-refractivity contribution in [3.8, 4) is 16.9 Å². The Labute approximate surface area is 193 Å². The Hall–Kier alpha value is -3.87. The normalized spacial score (nSPS) is 15.3. The minimum Gasteiger partial charge on any atom is -0.496 e. The maximum absolute atomic E-state index is 13.2. The number of anilines is 1. The third kappa shape index (κ3) is 4.98. The molecule has 4 rings (SSSR count). The van der Waals surface area contributed by atoms with Crippen LogP contribution in [-0.2, 0) is 11.3 Å². The number of carboxylic acid groups (broad SMARTS) is 1. The first-order valence-electron chi connectivity index (χ1n) is 10.9. The molecular formula is C26H27N3O4. The standard InChI is InChI=1S/C26H27N3O4/c1-17-5-3-6-18(13-17)15-27-24-11-9-20(16-28-24)19-8-10-23(33-2)21(14-19)25(30)29-12-4-7-22(29)26(31)32/h3,5-6,8-11,13-14,16,22H,4,7,12,15H2,1-2H3,(H,27,28)(H,31,32)/t22-/m0/s1. The molecule has 1 aromatic heterocycles. The number of nitrogens with one attached hydrogen (secondary N) is 1. The molecule has 0 bridgehead atoms. The van der Waals surface area contributed by atoms with Crippen molar-refractivity contribution in [3.05, 3.63) is 77.5 Å². The molecule has 1 aliphatic rings. The first-order chi connectivity index (χ1) is 16.0. The van der Waals surface area contributed by atoms with Gasteiger partial charge in [0.2, 0.25) is 0 Å². The molecule has 1 fully saturated rings. The van der Waals surface area contributed by atoms with Gasteiger partial charge < -0.3 is 20.1 Å². The number of rotatable bonds is 7. The molecule has 1 aliphatic heterocycles. The Balaban J connectivity index is 1.53. The van der Waals surface area contributed by atoms with Gasteiger partial charge in [0.25, 0.3) is 5.91 Å². The molecular weight excluding hydrogens is 418 g/mol. The highest BCUT2D eigenvalue weighted by Gasteiger charge is 2.35. The van der Waals surface area contributed by atoms with E-state index in [9.17, 15) is 14.7 Å². The smallest absolute Gasteiger partial charge is 0.326 e. The number of aromatic nitrogens is 1. The van der Waals surface area contributed by atoms with Crippen LogP contribution in [0.25, 0.3) is 11.1 Å². The van der Waals surface area contributed by atoms with Gasteiger partial charge in [0.1, 0.15) is 17.6 Å². The summed E-state index contributed by atoms with van der Waals surface area (Å²) in [6.07, 6.45) is 2.89. The summed E-state index contributed by atoms with van der Waals surface area (Å²) in [5.41, 5.74) is 4.41. The minimum absolute atomic E-state index is 0.331. The van der Waals surface area contributed by atoms with E-state index >= 15 is 0 Å². The zero-order valence-corrected chi connectivity index (χ0v) is 18.7. The minimum atomic E-state index is -0.978. The molecule has 2 N–H and O–H groups in total. The number of hydrogen-bond donors (Lipinski definition) is 2. The molecule has 170 valence electrons. The third-order valence-corrected chi connectivity index (χ3v) is 5.88. The zero-order valence-electron chi connectivity index (χ0n) is 18.7. The summed E-state index contributed by atoms with van der Waals surface area (Å²) in [7, 11) is 1.50. The van der Waals surface area contributed by atoms with Gasteiger partial charge in [-0.25, -0.2) is 9.78 Å². The predicted octanol–water partition coefficient (Wildman–Crippen LogP) is 4.37. The molecule has 1 saturated heterocycles. The van der Waals surface area contributed by atoms with Crippen molar-refractivity contribution in [1.29, 1.82) is 0 Å². The summed E-state index contributed by atoms with van der Waals surface area (Å²) < 4.78 is 5.39. The summed E-state index contributed by atoms with van der Waals surface area (Å²) in [5, 5.41) is 12.8. The molecule has 0 unspecified atom stereocenters. The first kappa shape index (κ1) is 22.3. The number of pyridine rings is 1. The van der Waals surface area contributed by atoms with E-state index in [-0.39, 0.29) is 5.91 Å². The Morgan fingerprint density at radius 1 is 1.15 bits per heavy atom. The first-order valence-corrected chi connectivity index (χ1v) is 10.9. The van der Waals surface area contributed by atoms with Crippen molar-refractivity contribution in [2.24, 2.45) is 0 Å². The van der Waals surface area contributed by atoms with Gasteiger partial charge in [0, 0.05) is 24.8 Å². The molecule has 1 atom stereocenters. The number of aryl methyl sites for hydroxylation is 1. The molecule has 0 aliphatic carbocycles. The van der Waals surface area contributed by atoms with Crippen molar-refractivity contribution in [1.82, 2.24) is 9.88 Å². The number of carbonyl (C=O) groups excluding carboxylic acids is 1. The van der Waals surface area contributed by atoms with E-state index in [0.29, 0.717) is 37.2 Å². The fourth-order valence-electron chi connectivity index (χ4n) is 4.16. The maximum atomic E-state index is 13.2. The van der Waals surface area contributed by atoms with Crippen molar-refractivity contribution in [2.75, 3.05) is 19.0 Å². The monoisotopic (exact) mass is 445 g/mol. The molecule has 2 heterocycles. The second-order valence-electron chi connectivity index (χ2n) is 8.18. The molecule has 1 amide bonds. The van der Waals surface area contributed by atoms with Gasteiger partial charge in [-0.1, -0.05) is 35.9 Å². The van der Waals surface area contributed by atoms with Crippen LogP contribution in [0, 0.1) is 6.92 Å². The van der Waals surface area contributed by atoms with Gasteiger partial charge in [0.15, 0.2) is 0 Å². The van der Waals surface area contributed by atoms with Gasteiger partial charge in [-0.2, -0.15) is 0 Å². The second-order valence-corrected chi connectivity index (χ2v) is 8.18. The number of likely N-dealkylation sites (tertiary alicyclic amines) is 1. The van der Waals surface area contributed by atoms with E-state index in [4.69, 9.17) is 4.74 Å². The zero-order chi connectivity index (χ0) is 23.4. The SMILES string of the molecule is COc1ccc(-c2ccc(NCc3cccc(C)c3)nc2)cc1C(=O)N1CCC[C@H]1C(=O)O. The number of ether oxygens (including phenoxy) is 1. The van der Waals surface area contributed by atoms with E-state index in [1.54, 1.807) is 18.3 Å². The average molecular weight is 446 g/mol.